The standard InChI is InChI=1S/C24H24Cl2N4O2/c1-14-13-27-22-16(21(14)30-24(32)28-15-7-3-2-4-8-15)9-5-12-19(22)29-23(31)20-17(25)10-6-11-18(20)26/h5-6,9-13,15H,2-4,7-8H2,1H3,(H,29,31)(H2,27,28,30,32). The Morgan fingerprint density at radius 3 is 2.38 bits per heavy atom. The van der Waals surface area contributed by atoms with Gasteiger partial charge < -0.3 is 16.0 Å². The number of pyridine rings is 1. The van der Waals surface area contributed by atoms with E-state index in [1.54, 1.807) is 36.5 Å². The van der Waals surface area contributed by atoms with Crippen LogP contribution in [0.1, 0.15) is 48.0 Å². The van der Waals surface area contributed by atoms with Gasteiger partial charge in [0.25, 0.3) is 5.91 Å². The van der Waals surface area contributed by atoms with Gasteiger partial charge in [-0.1, -0.05) is 60.7 Å². The highest BCUT2D eigenvalue weighted by Crippen LogP contribution is 2.32. The number of aryl methyl sites for hydroxylation is 1. The summed E-state index contributed by atoms with van der Waals surface area (Å²) in [5.74, 6) is -0.431. The van der Waals surface area contributed by atoms with Crippen molar-refractivity contribution in [2.24, 2.45) is 0 Å². The Bertz CT molecular complexity index is 1160. The maximum absolute atomic E-state index is 12.9. The first kappa shape index (κ1) is 22.4. The van der Waals surface area contributed by atoms with Gasteiger partial charge in [0.1, 0.15) is 0 Å². The highest BCUT2D eigenvalue weighted by molar-refractivity contribution is 6.40. The van der Waals surface area contributed by atoms with Crippen molar-refractivity contribution in [1.29, 1.82) is 0 Å². The number of fused-ring (bicyclic) bond motifs is 1. The zero-order valence-corrected chi connectivity index (χ0v) is 19.2. The molecule has 2 aromatic carbocycles. The van der Waals surface area contributed by atoms with Crippen LogP contribution in [-0.2, 0) is 0 Å². The summed E-state index contributed by atoms with van der Waals surface area (Å²) in [5.41, 5.74) is 2.75. The summed E-state index contributed by atoms with van der Waals surface area (Å²) in [7, 11) is 0. The molecule has 1 aliphatic rings. The van der Waals surface area contributed by atoms with Crippen LogP contribution < -0.4 is 16.0 Å². The summed E-state index contributed by atoms with van der Waals surface area (Å²) in [6.45, 7) is 1.89. The monoisotopic (exact) mass is 470 g/mol. The molecule has 3 aromatic rings. The molecule has 0 unspecified atom stereocenters. The van der Waals surface area contributed by atoms with Gasteiger partial charge in [0, 0.05) is 17.6 Å². The Morgan fingerprint density at radius 1 is 0.969 bits per heavy atom. The third kappa shape index (κ3) is 4.81. The Balaban J connectivity index is 1.61. The molecule has 1 aliphatic carbocycles. The molecule has 0 spiro atoms. The van der Waals surface area contributed by atoms with Gasteiger partial charge >= 0.3 is 6.03 Å². The Labute approximate surface area is 196 Å². The van der Waals surface area contributed by atoms with Crippen molar-refractivity contribution in [2.75, 3.05) is 10.6 Å². The molecule has 0 saturated heterocycles. The second kappa shape index (κ2) is 9.76. The number of nitrogens with zero attached hydrogens (tertiary/aromatic N) is 1. The zero-order chi connectivity index (χ0) is 22.7. The second-order valence-corrected chi connectivity index (χ2v) is 8.82. The van der Waals surface area contributed by atoms with Crippen LogP contribution in [0, 0.1) is 6.92 Å². The Kier molecular flexibility index (Phi) is 6.82. The lowest BCUT2D eigenvalue weighted by atomic mass is 9.96. The van der Waals surface area contributed by atoms with Crippen LogP contribution in [0.25, 0.3) is 10.9 Å². The maximum atomic E-state index is 12.9. The molecular formula is C24H24Cl2N4O2. The fourth-order valence-electron chi connectivity index (χ4n) is 4.07. The number of carbonyl (C=O) groups is 2. The van der Waals surface area contributed by atoms with E-state index in [2.05, 4.69) is 20.9 Å². The van der Waals surface area contributed by atoms with Crippen molar-refractivity contribution in [2.45, 2.75) is 45.1 Å². The largest absolute Gasteiger partial charge is 0.335 e. The van der Waals surface area contributed by atoms with Gasteiger partial charge in [0.15, 0.2) is 0 Å². The fourth-order valence-corrected chi connectivity index (χ4v) is 4.64. The molecule has 1 aromatic heterocycles. The first-order valence-corrected chi connectivity index (χ1v) is 11.4. The molecular weight excluding hydrogens is 447 g/mol. The second-order valence-electron chi connectivity index (χ2n) is 8.00. The summed E-state index contributed by atoms with van der Waals surface area (Å²) in [6.07, 6.45) is 7.19. The first-order valence-electron chi connectivity index (χ1n) is 10.6. The van der Waals surface area contributed by atoms with Gasteiger partial charge in [-0.25, -0.2) is 4.79 Å². The zero-order valence-electron chi connectivity index (χ0n) is 17.7. The summed E-state index contributed by atoms with van der Waals surface area (Å²) < 4.78 is 0. The number of halogens is 2. The number of amides is 3. The topological polar surface area (TPSA) is 83.1 Å². The minimum atomic E-state index is -0.431. The van der Waals surface area contributed by atoms with Gasteiger partial charge in [0.2, 0.25) is 0 Å². The van der Waals surface area contributed by atoms with Gasteiger partial charge in [-0.3, -0.25) is 9.78 Å². The smallest absolute Gasteiger partial charge is 0.319 e. The molecule has 0 aliphatic heterocycles. The van der Waals surface area contributed by atoms with Crippen molar-refractivity contribution in [3.8, 4) is 0 Å². The first-order chi connectivity index (χ1) is 15.4. The van der Waals surface area contributed by atoms with E-state index in [-0.39, 0.29) is 27.7 Å². The lowest BCUT2D eigenvalue weighted by molar-refractivity contribution is 0.102. The van der Waals surface area contributed by atoms with Crippen molar-refractivity contribution >= 4 is 57.4 Å². The number of urea groups is 1. The fraction of sp³-hybridized carbons (Fsp3) is 0.292. The van der Waals surface area contributed by atoms with Crippen LogP contribution in [0.15, 0.2) is 42.6 Å². The summed E-state index contributed by atoms with van der Waals surface area (Å²) in [6, 6.07) is 10.3. The van der Waals surface area contributed by atoms with Crippen LogP contribution in [0.3, 0.4) is 0 Å². The average molecular weight is 471 g/mol. The third-order valence-corrected chi connectivity index (χ3v) is 6.33. The van der Waals surface area contributed by atoms with Crippen molar-refractivity contribution < 1.29 is 9.59 Å². The minimum absolute atomic E-state index is 0.199. The molecule has 0 radical (unpaired) electrons. The van der Waals surface area contributed by atoms with E-state index in [0.29, 0.717) is 16.9 Å². The molecule has 32 heavy (non-hydrogen) atoms. The molecule has 0 atom stereocenters. The van der Waals surface area contributed by atoms with E-state index in [4.69, 9.17) is 23.2 Å². The molecule has 166 valence electrons. The number of hydrogen-bond acceptors (Lipinski definition) is 3. The predicted molar refractivity (Wildman–Crippen MR) is 130 cm³/mol. The predicted octanol–water partition coefficient (Wildman–Crippen LogP) is 6.56. The van der Waals surface area contributed by atoms with Gasteiger partial charge in [-0.05, 0) is 43.5 Å². The SMILES string of the molecule is Cc1cnc2c(NC(=O)c3c(Cl)cccc3Cl)cccc2c1NC(=O)NC1CCCCC1. The number of hydrogen-bond donors (Lipinski definition) is 3. The molecule has 6 nitrogen and oxygen atoms in total. The molecule has 3 amide bonds. The van der Waals surface area contributed by atoms with Crippen LogP contribution >= 0.6 is 23.2 Å². The van der Waals surface area contributed by atoms with Gasteiger partial charge in [-0.2, -0.15) is 0 Å². The normalized spacial score (nSPS) is 14.2. The van der Waals surface area contributed by atoms with E-state index in [1.165, 1.54) is 6.42 Å². The molecule has 3 N–H and O–H groups in total. The molecule has 0 bridgehead atoms. The third-order valence-electron chi connectivity index (χ3n) is 5.70. The van der Waals surface area contributed by atoms with Crippen molar-refractivity contribution in [3.63, 3.8) is 0 Å². The van der Waals surface area contributed by atoms with Crippen molar-refractivity contribution in [1.82, 2.24) is 10.3 Å². The quantitative estimate of drug-likeness (QED) is 0.403. The maximum Gasteiger partial charge on any atom is 0.319 e. The molecule has 1 fully saturated rings. The molecule has 1 saturated carbocycles. The average Bonchev–Trinajstić information content (AvgIpc) is 2.76. The van der Waals surface area contributed by atoms with Crippen LogP contribution in [0.5, 0.6) is 0 Å². The van der Waals surface area contributed by atoms with E-state index in [9.17, 15) is 9.59 Å². The molecule has 1 heterocycles. The van der Waals surface area contributed by atoms with E-state index in [0.717, 1.165) is 36.6 Å². The summed E-state index contributed by atoms with van der Waals surface area (Å²) >= 11 is 12.4. The number of anilines is 2. The number of benzene rings is 2. The molecule has 8 heteroatoms. The van der Waals surface area contributed by atoms with Crippen LogP contribution in [0.4, 0.5) is 16.2 Å². The van der Waals surface area contributed by atoms with Crippen LogP contribution in [0.2, 0.25) is 10.0 Å². The number of carbonyl (C=O) groups excluding carboxylic acids is 2. The highest BCUT2D eigenvalue weighted by atomic mass is 35.5. The highest BCUT2D eigenvalue weighted by Gasteiger charge is 2.19. The van der Waals surface area contributed by atoms with Gasteiger partial charge in [0.05, 0.1) is 32.5 Å². The Hall–Kier alpha value is -2.83. The van der Waals surface area contributed by atoms with Gasteiger partial charge in [-0.15, -0.1) is 0 Å². The summed E-state index contributed by atoms with van der Waals surface area (Å²) in [5, 5.41) is 10.2. The lowest BCUT2D eigenvalue weighted by Crippen LogP contribution is -2.39. The van der Waals surface area contributed by atoms with Crippen LogP contribution in [-0.4, -0.2) is 23.0 Å². The van der Waals surface area contributed by atoms with E-state index in [1.807, 2.05) is 13.0 Å². The number of rotatable bonds is 4. The van der Waals surface area contributed by atoms with E-state index >= 15 is 0 Å². The number of nitrogens with one attached hydrogen (secondary N) is 3. The lowest BCUT2D eigenvalue weighted by Gasteiger charge is -2.23. The Morgan fingerprint density at radius 2 is 1.66 bits per heavy atom. The van der Waals surface area contributed by atoms with Crippen molar-refractivity contribution in [3.05, 3.63) is 63.8 Å². The molecule has 4 rings (SSSR count). The summed E-state index contributed by atoms with van der Waals surface area (Å²) in [4.78, 5) is 30.0. The van der Waals surface area contributed by atoms with E-state index < -0.39 is 5.91 Å². The number of aromatic nitrogens is 1. The minimum Gasteiger partial charge on any atom is -0.335 e. The number of para-hydroxylation sites is 1.